The second kappa shape index (κ2) is 5.69. The molecule has 0 saturated carbocycles. The number of nitrogens with zero attached hydrogens (tertiary/aromatic N) is 1. The van der Waals surface area contributed by atoms with Crippen molar-refractivity contribution in [3.05, 3.63) is 69.3 Å². The van der Waals surface area contributed by atoms with E-state index in [-0.39, 0.29) is 16.9 Å². The summed E-state index contributed by atoms with van der Waals surface area (Å²) >= 11 is 0. The number of aliphatic hydroxyl groups is 1. The zero-order valence-corrected chi connectivity index (χ0v) is 12.1. The minimum Gasteiger partial charge on any atom is -0.398 e. The van der Waals surface area contributed by atoms with Crippen LogP contribution in [-0.4, -0.2) is 22.0 Å². The van der Waals surface area contributed by atoms with E-state index in [0.717, 1.165) is 11.1 Å². The third kappa shape index (κ3) is 2.62. The standard InChI is InChI=1S/C16H15N3O4/c17-11-6-3-7-12(19(22)23)14(11)16(21)18-15-10-5-2-1-4-9(10)8-13(15)20/h1-7,13,15,20H,8,17H2,(H,18,21). The molecule has 2 aromatic rings. The van der Waals surface area contributed by atoms with Crippen LogP contribution in [-0.2, 0) is 6.42 Å². The number of amides is 1. The quantitative estimate of drug-likeness (QED) is 0.451. The largest absolute Gasteiger partial charge is 0.398 e. The molecule has 0 heterocycles. The van der Waals surface area contributed by atoms with Crippen molar-refractivity contribution in [3.8, 4) is 0 Å². The molecule has 0 saturated heterocycles. The highest BCUT2D eigenvalue weighted by molar-refractivity contribution is 6.03. The molecule has 2 atom stereocenters. The second-order valence-corrected chi connectivity index (χ2v) is 5.42. The molecule has 0 radical (unpaired) electrons. The number of anilines is 1. The Hall–Kier alpha value is -2.93. The van der Waals surface area contributed by atoms with Gasteiger partial charge in [0.1, 0.15) is 5.56 Å². The fourth-order valence-corrected chi connectivity index (χ4v) is 2.92. The number of rotatable bonds is 3. The Balaban J connectivity index is 1.93. The van der Waals surface area contributed by atoms with Gasteiger partial charge in [-0.3, -0.25) is 14.9 Å². The lowest BCUT2D eigenvalue weighted by molar-refractivity contribution is -0.385. The third-order valence-corrected chi connectivity index (χ3v) is 3.99. The maximum atomic E-state index is 12.5. The monoisotopic (exact) mass is 313 g/mol. The van der Waals surface area contributed by atoms with Crippen LogP contribution in [0.15, 0.2) is 42.5 Å². The molecule has 7 heteroatoms. The SMILES string of the molecule is Nc1cccc([N+](=O)[O-])c1C(=O)NC1c2ccccc2CC1O. The average molecular weight is 313 g/mol. The summed E-state index contributed by atoms with van der Waals surface area (Å²) in [5.74, 6) is -0.671. The highest BCUT2D eigenvalue weighted by atomic mass is 16.6. The number of nitro benzene ring substituents is 1. The Bertz CT molecular complexity index is 791. The molecule has 1 aliphatic rings. The van der Waals surface area contributed by atoms with Crippen molar-refractivity contribution in [2.75, 3.05) is 5.73 Å². The molecule has 118 valence electrons. The maximum absolute atomic E-state index is 12.5. The Morgan fingerprint density at radius 3 is 2.74 bits per heavy atom. The van der Waals surface area contributed by atoms with Crippen LogP contribution in [0.1, 0.15) is 27.5 Å². The predicted octanol–water partition coefficient (Wildman–Crippen LogP) is 1.57. The molecule has 3 rings (SSSR count). The Kier molecular flexibility index (Phi) is 3.71. The fourth-order valence-electron chi connectivity index (χ4n) is 2.92. The Morgan fingerprint density at radius 2 is 2.00 bits per heavy atom. The molecule has 4 N–H and O–H groups in total. The number of nitrogens with two attached hydrogens (primary N) is 1. The van der Waals surface area contributed by atoms with Crippen molar-refractivity contribution in [1.82, 2.24) is 5.32 Å². The van der Waals surface area contributed by atoms with E-state index in [1.807, 2.05) is 24.3 Å². The van der Waals surface area contributed by atoms with E-state index in [0.29, 0.717) is 6.42 Å². The Labute approximate surface area is 131 Å². The number of carbonyl (C=O) groups excluding carboxylic acids is 1. The maximum Gasteiger partial charge on any atom is 0.284 e. The number of fused-ring (bicyclic) bond motifs is 1. The van der Waals surface area contributed by atoms with E-state index in [4.69, 9.17) is 5.73 Å². The average Bonchev–Trinajstić information content (AvgIpc) is 2.83. The molecule has 1 aliphatic carbocycles. The zero-order chi connectivity index (χ0) is 16.6. The summed E-state index contributed by atoms with van der Waals surface area (Å²) in [6.07, 6.45) is -0.353. The summed E-state index contributed by atoms with van der Waals surface area (Å²) in [6.45, 7) is 0. The van der Waals surface area contributed by atoms with Crippen LogP contribution in [0.5, 0.6) is 0 Å². The van der Waals surface area contributed by atoms with Gasteiger partial charge in [0.25, 0.3) is 11.6 Å². The molecule has 7 nitrogen and oxygen atoms in total. The van der Waals surface area contributed by atoms with Gasteiger partial charge in [-0.25, -0.2) is 0 Å². The summed E-state index contributed by atoms with van der Waals surface area (Å²) in [6, 6.07) is 10.8. The number of nitrogens with one attached hydrogen (secondary N) is 1. The van der Waals surface area contributed by atoms with Crippen molar-refractivity contribution >= 4 is 17.3 Å². The molecule has 2 unspecified atom stereocenters. The fraction of sp³-hybridized carbons (Fsp3) is 0.188. The van der Waals surface area contributed by atoms with Crippen molar-refractivity contribution in [2.45, 2.75) is 18.6 Å². The molecule has 1 amide bonds. The van der Waals surface area contributed by atoms with Crippen LogP contribution in [0, 0.1) is 10.1 Å². The predicted molar refractivity (Wildman–Crippen MR) is 83.9 cm³/mol. The third-order valence-electron chi connectivity index (χ3n) is 3.99. The molecular formula is C16H15N3O4. The first kappa shape index (κ1) is 15.0. The minimum atomic E-state index is -0.777. The van der Waals surface area contributed by atoms with Crippen LogP contribution < -0.4 is 11.1 Å². The number of hydrogen-bond acceptors (Lipinski definition) is 5. The van der Waals surface area contributed by atoms with Gasteiger partial charge in [0.2, 0.25) is 0 Å². The van der Waals surface area contributed by atoms with Gasteiger partial charge in [0, 0.05) is 12.5 Å². The van der Waals surface area contributed by atoms with Crippen LogP contribution >= 0.6 is 0 Å². The highest BCUT2D eigenvalue weighted by Gasteiger charge is 2.34. The summed E-state index contributed by atoms with van der Waals surface area (Å²) in [7, 11) is 0. The number of aliphatic hydroxyl groups excluding tert-OH is 1. The van der Waals surface area contributed by atoms with Crippen LogP contribution in [0.3, 0.4) is 0 Å². The normalized spacial score (nSPS) is 19.2. The van der Waals surface area contributed by atoms with Crippen molar-refractivity contribution in [2.24, 2.45) is 0 Å². The van der Waals surface area contributed by atoms with E-state index in [1.54, 1.807) is 0 Å². The molecule has 0 aliphatic heterocycles. The van der Waals surface area contributed by atoms with Gasteiger partial charge in [-0.2, -0.15) is 0 Å². The minimum absolute atomic E-state index is 0.0254. The number of hydrogen-bond donors (Lipinski definition) is 3. The smallest absolute Gasteiger partial charge is 0.284 e. The number of benzene rings is 2. The first-order valence-corrected chi connectivity index (χ1v) is 7.08. The van der Waals surface area contributed by atoms with E-state index >= 15 is 0 Å². The molecule has 0 bridgehead atoms. The van der Waals surface area contributed by atoms with Gasteiger partial charge in [0.05, 0.1) is 22.8 Å². The molecular weight excluding hydrogens is 298 g/mol. The van der Waals surface area contributed by atoms with Crippen LogP contribution in [0.4, 0.5) is 11.4 Å². The molecule has 2 aromatic carbocycles. The highest BCUT2D eigenvalue weighted by Crippen LogP contribution is 2.32. The first-order chi connectivity index (χ1) is 11.0. The summed E-state index contributed by atoms with van der Waals surface area (Å²) in [4.78, 5) is 22.9. The van der Waals surface area contributed by atoms with Gasteiger partial charge >= 0.3 is 0 Å². The lowest BCUT2D eigenvalue weighted by Gasteiger charge is -2.18. The van der Waals surface area contributed by atoms with Crippen molar-refractivity contribution in [1.29, 1.82) is 0 Å². The van der Waals surface area contributed by atoms with Crippen molar-refractivity contribution in [3.63, 3.8) is 0 Å². The van der Waals surface area contributed by atoms with Gasteiger partial charge in [0.15, 0.2) is 0 Å². The van der Waals surface area contributed by atoms with Crippen molar-refractivity contribution < 1.29 is 14.8 Å². The number of nitro groups is 1. The van der Waals surface area contributed by atoms with Gasteiger partial charge in [-0.15, -0.1) is 0 Å². The van der Waals surface area contributed by atoms with Gasteiger partial charge < -0.3 is 16.2 Å². The zero-order valence-electron chi connectivity index (χ0n) is 12.1. The molecule has 0 fully saturated rings. The topological polar surface area (TPSA) is 118 Å². The van der Waals surface area contributed by atoms with Crippen LogP contribution in [0.2, 0.25) is 0 Å². The summed E-state index contributed by atoms with van der Waals surface area (Å²) in [5, 5.41) is 23.9. The number of carbonyl (C=O) groups is 1. The van der Waals surface area contributed by atoms with E-state index in [9.17, 15) is 20.0 Å². The Morgan fingerprint density at radius 1 is 1.26 bits per heavy atom. The lowest BCUT2D eigenvalue weighted by Crippen LogP contribution is -2.34. The van der Waals surface area contributed by atoms with E-state index < -0.39 is 23.0 Å². The van der Waals surface area contributed by atoms with E-state index in [2.05, 4.69) is 5.32 Å². The van der Waals surface area contributed by atoms with Gasteiger partial charge in [-0.05, 0) is 17.2 Å². The first-order valence-electron chi connectivity index (χ1n) is 7.08. The van der Waals surface area contributed by atoms with Gasteiger partial charge in [-0.1, -0.05) is 30.3 Å². The molecule has 0 spiro atoms. The van der Waals surface area contributed by atoms with Crippen LogP contribution in [0.25, 0.3) is 0 Å². The number of nitrogen functional groups attached to an aromatic ring is 1. The van der Waals surface area contributed by atoms with E-state index in [1.165, 1.54) is 18.2 Å². The summed E-state index contributed by atoms with van der Waals surface area (Å²) in [5.41, 5.74) is 6.97. The summed E-state index contributed by atoms with van der Waals surface area (Å²) < 4.78 is 0. The second-order valence-electron chi connectivity index (χ2n) is 5.42. The molecule has 0 aromatic heterocycles. The molecule has 23 heavy (non-hydrogen) atoms. The lowest BCUT2D eigenvalue weighted by atomic mass is 10.1.